The van der Waals surface area contributed by atoms with Gasteiger partial charge in [0.2, 0.25) is 5.13 Å². The van der Waals surface area contributed by atoms with Gasteiger partial charge in [0, 0.05) is 23.3 Å². The number of carbonyl (C=O) groups excluding carboxylic acids is 2. The van der Waals surface area contributed by atoms with Gasteiger partial charge in [-0.05, 0) is 29.9 Å². The van der Waals surface area contributed by atoms with Crippen molar-refractivity contribution in [1.82, 2.24) is 10.2 Å². The van der Waals surface area contributed by atoms with Crippen molar-refractivity contribution in [3.05, 3.63) is 94.0 Å². The average Bonchev–Trinajstić information content (AvgIpc) is 3.40. The molecule has 5 rings (SSSR count). The number of nitriles is 1. The Balaban J connectivity index is 1.48. The maximum absolute atomic E-state index is 13.3. The highest BCUT2D eigenvalue weighted by Gasteiger charge is 2.41. The Bertz CT molecular complexity index is 1480. The first-order valence-corrected chi connectivity index (χ1v) is 14.3. The molecule has 2 heterocycles. The predicted molar refractivity (Wildman–Crippen MR) is 150 cm³/mol. The molecule has 0 fully saturated rings. The molecule has 1 aliphatic carbocycles. The third kappa shape index (κ3) is 4.89. The molecule has 192 valence electrons. The lowest BCUT2D eigenvalue weighted by Crippen LogP contribution is -2.38. The fourth-order valence-corrected chi connectivity index (χ4v) is 6.67. The van der Waals surface area contributed by atoms with Crippen LogP contribution in [-0.2, 0) is 4.79 Å². The summed E-state index contributed by atoms with van der Waals surface area (Å²) in [6, 6.07) is 19.5. The van der Waals surface area contributed by atoms with Crippen molar-refractivity contribution in [2.45, 2.75) is 49.3 Å². The molecular weight excluding hydrogens is 514 g/mol. The summed E-state index contributed by atoms with van der Waals surface area (Å²) in [6.07, 6.45) is 1.79. The minimum Gasteiger partial charge on any atom is -0.384 e. The number of benzene rings is 2. The van der Waals surface area contributed by atoms with Crippen LogP contribution in [0.25, 0.3) is 0 Å². The smallest absolute Gasteiger partial charge is 0.219 e. The van der Waals surface area contributed by atoms with Crippen molar-refractivity contribution >= 4 is 39.8 Å². The number of nitrogens with two attached hydrogens (primary N) is 1. The lowest BCUT2D eigenvalue weighted by Gasteiger charge is -2.38. The Hall–Kier alpha value is -3.74. The van der Waals surface area contributed by atoms with Crippen LogP contribution in [0.2, 0.25) is 0 Å². The molecule has 1 unspecified atom stereocenters. The third-order valence-electron chi connectivity index (χ3n) is 6.86. The van der Waals surface area contributed by atoms with E-state index in [1.54, 1.807) is 17.0 Å². The second-order valence-corrected chi connectivity index (χ2v) is 11.7. The van der Waals surface area contributed by atoms with Crippen LogP contribution >= 0.6 is 23.1 Å². The number of hydrogen-bond acceptors (Lipinski definition) is 9. The number of nitrogens with zero attached hydrogens (tertiary/aromatic N) is 4. The molecular formula is C29H27N5O2S2. The van der Waals surface area contributed by atoms with Crippen molar-refractivity contribution in [2.24, 2.45) is 5.73 Å². The van der Waals surface area contributed by atoms with E-state index in [1.807, 2.05) is 30.3 Å². The Morgan fingerprint density at radius 1 is 1.16 bits per heavy atom. The summed E-state index contributed by atoms with van der Waals surface area (Å²) in [7, 11) is 0. The number of Topliss-reactive ketones (excluding diaryl/α,β-unsaturated/α-hetero) is 2. The molecule has 1 atom stereocenters. The number of thioether (sulfide) groups is 1. The lowest BCUT2D eigenvalue weighted by atomic mass is 9.75. The summed E-state index contributed by atoms with van der Waals surface area (Å²) in [5.41, 5.74) is 11.1. The molecule has 0 amide bonds. The summed E-state index contributed by atoms with van der Waals surface area (Å²) in [5.74, 6) is 0.402. The molecule has 0 saturated carbocycles. The van der Waals surface area contributed by atoms with Gasteiger partial charge >= 0.3 is 0 Å². The number of ketones is 2. The highest BCUT2D eigenvalue weighted by atomic mass is 32.2. The Kier molecular flexibility index (Phi) is 7.45. The summed E-state index contributed by atoms with van der Waals surface area (Å²) in [4.78, 5) is 27.6. The molecule has 1 aromatic heterocycles. The standard InChI is InChI=1S/C29H27N5O2S2/c1-17(2)18-11-13-20(14-12-18)25-21(15-30)27(31)34(22-9-6-10-23(35)26(22)25)28-32-33-29(38-28)37-16-24(36)19-7-4-3-5-8-19/h3-5,7-8,11-14,17,25H,6,9-10,16,31H2,1-2H3. The fraction of sp³-hybridized carbons (Fsp3) is 0.276. The van der Waals surface area contributed by atoms with Gasteiger partial charge in [0.05, 0.1) is 23.3 Å². The minimum absolute atomic E-state index is 0.00528. The Labute approximate surface area is 230 Å². The van der Waals surface area contributed by atoms with Gasteiger partial charge in [0.15, 0.2) is 15.9 Å². The molecule has 7 nitrogen and oxygen atoms in total. The second-order valence-electron chi connectivity index (χ2n) is 9.57. The van der Waals surface area contributed by atoms with Gasteiger partial charge in [0.1, 0.15) is 5.82 Å². The zero-order valence-corrected chi connectivity index (χ0v) is 22.8. The third-order valence-corrected chi connectivity index (χ3v) is 8.90. The molecule has 2 aromatic carbocycles. The fourth-order valence-electron chi connectivity index (χ4n) is 4.90. The van der Waals surface area contributed by atoms with Crippen LogP contribution in [0, 0.1) is 11.3 Å². The zero-order valence-electron chi connectivity index (χ0n) is 21.2. The quantitative estimate of drug-likeness (QED) is 0.289. The van der Waals surface area contributed by atoms with Gasteiger partial charge in [-0.1, -0.05) is 91.5 Å². The molecule has 0 spiro atoms. The number of hydrogen-bond donors (Lipinski definition) is 1. The van der Waals surface area contributed by atoms with Crippen LogP contribution in [0.1, 0.15) is 66.4 Å². The van der Waals surface area contributed by atoms with Gasteiger partial charge < -0.3 is 5.73 Å². The van der Waals surface area contributed by atoms with Gasteiger partial charge in [-0.15, -0.1) is 10.2 Å². The highest BCUT2D eigenvalue weighted by molar-refractivity contribution is 8.01. The molecule has 2 N–H and O–H groups in total. The van der Waals surface area contributed by atoms with E-state index in [1.165, 1.54) is 28.7 Å². The topological polar surface area (TPSA) is 113 Å². The number of carbonyl (C=O) groups is 2. The number of rotatable bonds is 7. The predicted octanol–water partition coefficient (Wildman–Crippen LogP) is 5.94. The minimum atomic E-state index is -0.509. The van der Waals surface area contributed by atoms with E-state index in [4.69, 9.17) is 5.73 Å². The number of allylic oxidation sites excluding steroid dienone is 3. The van der Waals surface area contributed by atoms with Crippen LogP contribution in [0.4, 0.5) is 5.13 Å². The maximum Gasteiger partial charge on any atom is 0.219 e. The first kappa shape index (κ1) is 25.9. The van der Waals surface area contributed by atoms with Crippen molar-refractivity contribution in [3.8, 4) is 6.07 Å². The van der Waals surface area contributed by atoms with E-state index < -0.39 is 5.92 Å². The van der Waals surface area contributed by atoms with E-state index in [0.717, 1.165) is 11.3 Å². The van der Waals surface area contributed by atoms with Crippen LogP contribution in [0.15, 0.2) is 81.6 Å². The first-order valence-electron chi connectivity index (χ1n) is 12.5. The summed E-state index contributed by atoms with van der Waals surface area (Å²) >= 11 is 2.61. The largest absolute Gasteiger partial charge is 0.384 e. The average molecular weight is 542 g/mol. The molecule has 9 heteroatoms. The first-order chi connectivity index (χ1) is 18.4. The summed E-state index contributed by atoms with van der Waals surface area (Å²) in [6.45, 7) is 4.26. The normalized spacial score (nSPS) is 17.6. The van der Waals surface area contributed by atoms with Gasteiger partial charge in [-0.2, -0.15) is 5.26 Å². The van der Waals surface area contributed by atoms with Crippen LogP contribution < -0.4 is 10.6 Å². The number of anilines is 1. The van der Waals surface area contributed by atoms with Crippen molar-refractivity contribution in [3.63, 3.8) is 0 Å². The lowest BCUT2D eigenvalue weighted by molar-refractivity contribution is -0.116. The molecule has 38 heavy (non-hydrogen) atoms. The molecule has 1 aliphatic heterocycles. The van der Waals surface area contributed by atoms with Crippen molar-refractivity contribution in [2.75, 3.05) is 10.7 Å². The van der Waals surface area contributed by atoms with Crippen LogP contribution in [0.5, 0.6) is 0 Å². The van der Waals surface area contributed by atoms with E-state index in [0.29, 0.717) is 51.4 Å². The van der Waals surface area contributed by atoms with Gasteiger partial charge in [-0.3, -0.25) is 14.5 Å². The van der Waals surface area contributed by atoms with E-state index >= 15 is 0 Å². The Morgan fingerprint density at radius 3 is 2.58 bits per heavy atom. The van der Waals surface area contributed by atoms with Gasteiger partial charge in [-0.25, -0.2) is 0 Å². The Morgan fingerprint density at radius 2 is 1.89 bits per heavy atom. The van der Waals surface area contributed by atoms with Crippen molar-refractivity contribution in [1.29, 1.82) is 5.26 Å². The van der Waals surface area contributed by atoms with E-state index in [2.05, 4.69) is 42.2 Å². The molecule has 2 aliphatic rings. The van der Waals surface area contributed by atoms with Crippen LogP contribution in [-0.4, -0.2) is 27.5 Å². The summed E-state index contributed by atoms with van der Waals surface area (Å²) in [5, 5.41) is 19.3. The second kappa shape index (κ2) is 10.9. The van der Waals surface area contributed by atoms with Crippen molar-refractivity contribution < 1.29 is 9.59 Å². The van der Waals surface area contributed by atoms with E-state index in [-0.39, 0.29) is 23.1 Å². The van der Waals surface area contributed by atoms with Gasteiger partial charge in [0.25, 0.3) is 0 Å². The molecule has 0 saturated heterocycles. The molecule has 0 bridgehead atoms. The van der Waals surface area contributed by atoms with Crippen LogP contribution in [0.3, 0.4) is 0 Å². The monoisotopic (exact) mass is 541 g/mol. The zero-order chi connectivity index (χ0) is 26.8. The maximum atomic E-state index is 13.3. The molecule has 0 radical (unpaired) electrons. The number of aromatic nitrogens is 2. The SMILES string of the molecule is CC(C)c1ccc(C2C(C#N)=C(N)N(c3nnc(SCC(=O)c4ccccc4)s3)C3=C2C(=O)CCC3)cc1. The summed E-state index contributed by atoms with van der Waals surface area (Å²) < 4.78 is 0.617. The highest BCUT2D eigenvalue weighted by Crippen LogP contribution is 2.47. The molecule has 3 aromatic rings. The van der Waals surface area contributed by atoms with E-state index in [9.17, 15) is 14.9 Å².